The van der Waals surface area contributed by atoms with Gasteiger partial charge in [-0.15, -0.1) is 21.6 Å². The van der Waals surface area contributed by atoms with Crippen molar-refractivity contribution in [2.24, 2.45) is 20.7 Å². The van der Waals surface area contributed by atoms with E-state index < -0.39 is 11.0 Å². The van der Waals surface area contributed by atoms with Gasteiger partial charge < -0.3 is 9.84 Å². The van der Waals surface area contributed by atoms with Crippen LogP contribution < -0.4 is 4.74 Å². The first-order chi connectivity index (χ1) is 11.1. The van der Waals surface area contributed by atoms with Crippen molar-refractivity contribution in [3.63, 3.8) is 0 Å². The van der Waals surface area contributed by atoms with E-state index in [9.17, 15) is 4.79 Å². The number of ether oxygens (including phenoxy) is 1. The number of carbonyl (C=O) groups is 1. The van der Waals surface area contributed by atoms with E-state index in [0.717, 1.165) is 11.3 Å². The zero-order valence-corrected chi connectivity index (χ0v) is 13.5. The Kier molecular flexibility index (Phi) is 4.35. The molecule has 0 bridgehead atoms. The van der Waals surface area contributed by atoms with E-state index in [4.69, 9.17) is 9.84 Å². The second-order valence-corrected chi connectivity index (χ2v) is 6.77. The van der Waals surface area contributed by atoms with E-state index in [1.807, 2.05) is 12.1 Å². The van der Waals surface area contributed by atoms with Gasteiger partial charge in [0, 0.05) is 10.9 Å². The van der Waals surface area contributed by atoms with Gasteiger partial charge >= 0.3 is 5.97 Å². The number of thiazole rings is 1. The molecule has 10 heteroatoms. The Morgan fingerprint density at radius 2 is 2.00 bits per heavy atom. The van der Waals surface area contributed by atoms with E-state index >= 15 is 0 Å². The molecule has 0 fully saturated rings. The summed E-state index contributed by atoms with van der Waals surface area (Å²) in [5, 5.41) is 26.0. The zero-order chi connectivity index (χ0) is 16.3. The SMILES string of the molecule is COc1ccc(C2(Sc3nc(CC(=O)O)cs3)N=NN=N2)cc1. The Balaban J connectivity index is 1.86. The van der Waals surface area contributed by atoms with Crippen molar-refractivity contribution in [3.05, 3.63) is 40.9 Å². The molecule has 0 spiro atoms. The molecule has 8 nitrogen and oxygen atoms in total. The maximum absolute atomic E-state index is 10.7. The maximum atomic E-state index is 10.7. The molecule has 1 N–H and O–H groups in total. The maximum Gasteiger partial charge on any atom is 0.309 e. The van der Waals surface area contributed by atoms with Crippen LogP contribution >= 0.6 is 23.1 Å². The summed E-state index contributed by atoms with van der Waals surface area (Å²) in [6, 6.07) is 7.28. The van der Waals surface area contributed by atoms with Gasteiger partial charge in [-0.05, 0) is 46.5 Å². The van der Waals surface area contributed by atoms with Gasteiger partial charge in [0.05, 0.1) is 19.2 Å². The molecule has 23 heavy (non-hydrogen) atoms. The smallest absolute Gasteiger partial charge is 0.309 e. The average molecular weight is 349 g/mol. The fourth-order valence-corrected chi connectivity index (χ4v) is 3.94. The number of thioether (sulfide) groups is 1. The standard InChI is InChI=1S/C13H11N5O3S2/c1-21-10-4-2-8(3-5-10)13(15-17-18-16-13)23-12-14-9(7-22-12)6-11(19)20/h2-5,7H,6H2,1H3,(H,19,20). The van der Waals surface area contributed by atoms with Gasteiger partial charge in [0.15, 0.2) is 4.34 Å². The van der Waals surface area contributed by atoms with Gasteiger partial charge in [0.25, 0.3) is 4.99 Å². The molecule has 118 valence electrons. The molecular weight excluding hydrogens is 338 g/mol. The van der Waals surface area contributed by atoms with Crippen LogP contribution in [-0.4, -0.2) is 23.2 Å². The lowest BCUT2D eigenvalue weighted by atomic mass is 10.2. The Morgan fingerprint density at radius 1 is 1.30 bits per heavy atom. The molecule has 1 aliphatic heterocycles. The van der Waals surface area contributed by atoms with Crippen molar-refractivity contribution in [2.75, 3.05) is 7.11 Å². The number of carboxylic acids is 1. The summed E-state index contributed by atoms with van der Waals surface area (Å²) in [5.41, 5.74) is 1.28. The fourth-order valence-electron chi connectivity index (χ4n) is 1.90. The molecule has 0 saturated heterocycles. The highest BCUT2D eigenvalue weighted by Gasteiger charge is 2.38. The van der Waals surface area contributed by atoms with Crippen LogP contribution in [0.4, 0.5) is 0 Å². The predicted octanol–water partition coefficient (Wildman–Crippen LogP) is 3.51. The second-order valence-electron chi connectivity index (χ2n) is 4.49. The highest BCUT2D eigenvalue weighted by molar-refractivity contribution is 8.01. The Labute approximate surface area is 139 Å². The molecule has 0 unspecified atom stereocenters. The van der Waals surface area contributed by atoms with Crippen LogP contribution in [0.5, 0.6) is 5.75 Å². The lowest BCUT2D eigenvalue weighted by Gasteiger charge is -2.18. The van der Waals surface area contributed by atoms with Crippen LogP contribution in [0.25, 0.3) is 0 Å². The summed E-state index contributed by atoms with van der Waals surface area (Å²) in [7, 11) is 1.59. The van der Waals surface area contributed by atoms with Crippen LogP contribution in [0.2, 0.25) is 0 Å². The summed E-state index contributed by atoms with van der Waals surface area (Å²) in [5.74, 6) is -0.198. The van der Waals surface area contributed by atoms with Crippen LogP contribution in [0.3, 0.4) is 0 Å². The summed E-state index contributed by atoms with van der Waals surface area (Å²) in [6.45, 7) is 0. The minimum atomic E-state index is -1.04. The molecule has 0 aliphatic carbocycles. The van der Waals surface area contributed by atoms with Crippen LogP contribution in [0, 0.1) is 0 Å². The highest BCUT2D eigenvalue weighted by Crippen LogP contribution is 2.47. The molecule has 0 amide bonds. The quantitative estimate of drug-likeness (QED) is 0.858. The predicted molar refractivity (Wildman–Crippen MR) is 83.7 cm³/mol. The average Bonchev–Trinajstić information content (AvgIpc) is 3.18. The van der Waals surface area contributed by atoms with Gasteiger partial charge in [-0.1, -0.05) is 0 Å². The Hall–Kier alpha value is -2.33. The van der Waals surface area contributed by atoms with Gasteiger partial charge in [0.1, 0.15) is 5.75 Å². The number of methoxy groups -OCH3 is 1. The molecule has 1 aromatic carbocycles. The van der Waals surface area contributed by atoms with E-state index in [-0.39, 0.29) is 6.42 Å². The molecule has 1 aromatic heterocycles. The number of nitrogens with zero attached hydrogens (tertiary/aromatic N) is 5. The van der Waals surface area contributed by atoms with E-state index in [0.29, 0.717) is 10.0 Å². The van der Waals surface area contributed by atoms with E-state index in [1.165, 1.54) is 23.1 Å². The van der Waals surface area contributed by atoms with Crippen molar-refractivity contribution in [3.8, 4) is 5.75 Å². The molecule has 2 aromatic rings. The van der Waals surface area contributed by atoms with Gasteiger partial charge in [0.2, 0.25) is 0 Å². The van der Waals surface area contributed by atoms with Crippen molar-refractivity contribution in [1.82, 2.24) is 4.98 Å². The first kappa shape index (κ1) is 15.6. The lowest BCUT2D eigenvalue weighted by molar-refractivity contribution is -0.136. The molecule has 0 radical (unpaired) electrons. The third-order valence-corrected chi connectivity index (χ3v) is 5.13. The normalized spacial score (nSPS) is 15.0. The van der Waals surface area contributed by atoms with Gasteiger partial charge in [-0.3, -0.25) is 4.79 Å². The molecule has 1 aliphatic rings. The number of rotatable bonds is 6. The first-order valence-electron chi connectivity index (χ1n) is 6.45. The minimum absolute atomic E-state index is 0.115. The van der Waals surface area contributed by atoms with Gasteiger partial charge in [-0.25, -0.2) is 4.98 Å². The third-order valence-electron chi connectivity index (χ3n) is 2.96. The van der Waals surface area contributed by atoms with Crippen LogP contribution in [0.1, 0.15) is 11.3 Å². The van der Waals surface area contributed by atoms with E-state index in [1.54, 1.807) is 24.6 Å². The molecular formula is C13H11N5O3S2. The minimum Gasteiger partial charge on any atom is -0.497 e. The Morgan fingerprint density at radius 3 is 2.61 bits per heavy atom. The Bertz CT molecular complexity index is 760. The first-order valence-corrected chi connectivity index (χ1v) is 8.15. The summed E-state index contributed by atoms with van der Waals surface area (Å²) in [6.07, 6.45) is -0.115. The molecule has 2 heterocycles. The van der Waals surface area contributed by atoms with E-state index in [2.05, 4.69) is 25.7 Å². The van der Waals surface area contributed by atoms with Crippen molar-refractivity contribution >= 4 is 29.1 Å². The number of aromatic nitrogens is 1. The fraction of sp³-hybridized carbons (Fsp3) is 0.231. The summed E-state index contributed by atoms with van der Waals surface area (Å²) < 4.78 is 5.79. The summed E-state index contributed by atoms with van der Waals surface area (Å²) in [4.78, 5) is 14.0. The summed E-state index contributed by atoms with van der Waals surface area (Å²) >= 11 is 2.61. The number of hydrogen-bond acceptors (Lipinski definition) is 9. The molecule has 3 rings (SSSR count). The highest BCUT2D eigenvalue weighted by atomic mass is 32.2. The van der Waals surface area contributed by atoms with Crippen LogP contribution in [-0.2, 0) is 16.2 Å². The van der Waals surface area contributed by atoms with Crippen LogP contribution in [0.15, 0.2) is 54.7 Å². The zero-order valence-electron chi connectivity index (χ0n) is 11.9. The lowest BCUT2D eigenvalue weighted by Crippen LogP contribution is -2.13. The largest absolute Gasteiger partial charge is 0.497 e. The monoisotopic (exact) mass is 349 g/mol. The van der Waals surface area contributed by atoms with Crippen molar-refractivity contribution in [2.45, 2.75) is 15.8 Å². The third kappa shape index (κ3) is 3.37. The number of carboxylic acid groups (broad SMARTS) is 1. The van der Waals surface area contributed by atoms with Crippen molar-refractivity contribution < 1.29 is 14.6 Å². The number of aliphatic carboxylic acids is 1. The number of benzene rings is 1. The second kappa shape index (κ2) is 6.42. The van der Waals surface area contributed by atoms with Crippen molar-refractivity contribution in [1.29, 1.82) is 0 Å². The van der Waals surface area contributed by atoms with Gasteiger partial charge in [-0.2, -0.15) is 0 Å². The molecule has 0 atom stereocenters. The number of hydrogen-bond donors (Lipinski definition) is 1. The molecule has 0 saturated carbocycles. The topological polar surface area (TPSA) is 109 Å².